The van der Waals surface area contributed by atoms with Crippen molar-refractivity contribution in [1.82, 2.24) is 9.47 Å². The van der Waals surface area contributed by atoms with Crippen molar-refractivity contribution in [3.63, 3.8) is 0 Å². The first kappa shape index (κ1) is 15.9. The van der Waals surface area contributed by atoms with Gasteiger partial charge in [0.2, 0.25) is 5.91 Å². The minimum absolute atomic E-state index is 0.0166. The van der Waals surface area contributed by atoms with Crippen LogP contribution in [0.25, 0.3) is 0 Å². The number of morpholine rings is 1. The number of carbonyl (C=O) groups is 2. The van der Waals surface area contributed by atoms with Crippen LogP contribution in [0.1, 0.15) is 13.3 Å². The van der Waals surface area contributed by atoms with Gasteiger partial charge in [0.25, 0.3) is 5.56 Å². The molecular weight excluding hydrogens is 340 g/mol. The van der Waals surface area contributed by atoms with Gasteiger partial charge in [0, 0.05) is 29.7 Å². The van der Waals surface area contributed by atoms with Gasteiger partial charge in [-0.25, -0.2) is 0 Å². The SMILES string of the molecule is CC(=O)CC1COCCN1C(=O)Cn1cc(Br)ccc1=O. The van der Waals surface area contributed by atoms with E-state index in [-0.39, 0.29) is 36.3 Å². The zero-order chi connectivity index (χ0) is 15.4. The molecule has 1 amide bonds. The fourth-order valence-corrected chi connectivity index (χ4v) is 2.73. The van der Waals surface area contributed by atoms with E-state index >= 15 is 0 Å². The van der Waals surface area contributed by atoms with Crippen LogP contribution < -0.4 is 5.56 Å². The molecule has 0 aliphatic carbocycles. The number of carbonyl (C=O) groups excluding carboxylic acids is 2. The number of pyridine rings is 1. The van der Waals surface area contributed by atoms with Gasteiger partial charge in [0.15, 0.2) is 0 Å². The van der Waals surface area contributed by atoms with E-state index in [9.17, 15) is 14.4 Å². The van der Waals surface area contributed by atoms with Crippen molar-refractivity contribution in [3.05, 3.63) is 33.2 Å². The van der Waals surface area contributed by atoms with E-state index in [0.29, 0.717) is 19.8 Å². The Labute approximate surface area is 130 Å². The van der Waals surface area contributed by atoms with Crippen LogP contribution in [0, 0.1) is 0 Å². The first-order valence-electron chi connectivity index (χ1n) is 6.70. The molecule has 0 spiro atoms. The molecule has 1 unspecified atom stereocenters. The molecule has 2 rings (SSSR count). The number of halogens is 1. The lowest BCUT2D eigenvalue weighted by molar-refractivity contribution is -0.141. The van der Waals surface area contributed by atoms with E-state index in [2.05, 4.69) is 15.9 Å². The first-order valence-corrected chi connectivity index (χ1v) is 7.49. The van der Waals surface area contributed by atoms with Crippen LogP contribution in [-0.2, 0) is 20.9 Å². The number of hydrogen-bond acceptors (Lipinski definition) is 4. The summed E-state index contributed by atoms with van der Waals surface area (Å²) in [5.74, 6) is -0.160. The van der Waals surface area contributed by atoms with Crippen LogP contribution in [0.5, 0.6) is 0 Å². The minimum Gasteiger partial charge on any atom is -0.377 e. The molecule has 0 radical (unpaired) electrons. The zero-order valence-electron chi connectivity index (χ0n) is 11.8. The molecule has 1 aliphatic heterocycles. The first-order chi connectivity index (χ1) is 9.97. The third-order valence-corrected chi connectivity index (χ3v) is 3.79. The molecule has 114 valence electrons. The fraction of sp³-hybridized carbons (Fsp3) is 0.500. The van der Waals surface area contributed by atoms with Gasteiger partial charge in [-0.2, -0.15) is 0 Å². The number of amides is 1. The van der Waals surface area contributed by atoms with Crippen molar-refractivity contribution in [1.29, 1.82) is 0 Å². The van der Waals surface area contributed by atoms with Crippen molar-refractivity contribution >= 4 is 27.6 Å². The summed E-state index contributed by atoms with van der Waals surface area (Å²) in [6.07, 6.45) is 1.86. The largest absolute Gasteiger partial charge is 0.377 e. The van der Waals surface area contributed by atoms with Gasteiger partial charge < -0.3 is 14.2 Å². The molecule has 1 saturated heterocycles. The van der Waals surface area contributed by atoms with Gasteiger partial charge in [-0.3, -0.25) is 14.4 Å². The van der Waals surface area contributed by atoms with Gasteiger partial charge in [-0.15, -0.1) is 0 Å². The Morgan fingerprint density at radius 2 is 2.19 bits per heavy atom. The number of hydrogen-bond donors (Lipinski definition) is 0. The van der Waals surface area contributed by atoms with Crippen LogP contribution in [0.15, 0.2) is 27.6 Å². The number of rotatable bonds is 4. The van der Waals surface area contributed by atoms with Gasteiger partial charge in [0.05, 0.1) is 19.3 Å². The van der Waals surface area contributed by atoms with Gasteiger partial charge in [-0.1, -0.05) is 0 Å². The van der Waals surface area contributed by atoms with Crippen LogP contribution in [-0.4, -0.2) is 47.0 Å². The van der Waals surface area contributed by atoms with E-state index in [1.807, 2.05) is 0 Å². The highest BCUT2D eigenvalue weighted by atomic mass is 79.9. The molecule has 1 fully saturated rings. The van der Waals surface area contributed by atoms with E-state index in [1.165, 1.54) is 17.6 Å². The van der Waals surface area contributed by atoms with Crippen LogP contribution in [0.2, 0.25) is 0 Å². The quantitative estimate of drug-likeness (QED) is 0.800. The summed E-state index contributed by atoms with van der Waals surface area (Å²) < 4.78 is 7.42. The summed E-state index contributed by atoms with van der Waals surface area (Å²) in [5, 5.41) is 0. The monoisotopic (exact) mass is 356 g/mol. The minimum atomic E-state index is -0.244. The van der Waals surface area contributed by atoms with Crippen molar-refractivity contribution in [2.75, 3.05) is 19.8 Å². The van der Waals surface area contributed by atoms with E-state index in [0.717, 1.165) is 4.47 Å². The lowest BCUT2D eigenvalue weighted by Crippen LogP contribution is -2.50. The fourth-order valence-electron chi connectivity index (χ4n) is 2.35. The standard InChI is InChI=1S/C14H17BrN2O4/c1-10(18)6-12-9-21-5-4-17(12)14(20)8-16-7-11(15)2-3-13(16)19/h2-3,7,12H,4-6,8-9H2,1H3. The Kier molecular flexibility index (Phi) is 5.30. The number of ether oxygens (including phenoxy) is 1. The van der Waals surface area contributed by atoms with E-state index in [1.54, 1.807) is 17.2 Å². The molecular formula is C14H17BrN2O4. The summed E-state index contributed by atoms with van der Waals surface area (Å²) >= 11 is 3.28. The summed E-state index contributed by atoms with van der Waals surface area (Å²) in [7, 11) is 0. The topological polar surface area (TPSA) is 68.6 Å². The molecule has 0 N–H and O–H groups in total. The molecule has 1 aliphatic rings. The van der Waals surface area contributed by atoms with Crippen LogP contribution in [0.4, 0.5) is 0 Å². The third-order valence-electron chi connectivity index (χ3n) is 3.32. The molecule has 21 heavy (non-hydrogen) atoms. The summed E-state index contributed by atoms with van der Waals surface area (Å²) in [5.41, 5.74) is -0.233. The highest BCUT2D eigenvalue weighted by Crippen LogP contribution is 2.12. The Hall–Kier alpha value is -1.47. The maximum atomic E-state index is 12.4. The van der Waals surface area contributed by atoms with Crippen molar-refractivity contribution < 1.29 is 14.3 Å². The second-order valence-corrected chi connectivity index (χ2v) is 5.95. The Balaban J connectivity index is 2.12. The molecule has 6 nitrogen and oxygen atoms in total. The second-order valence-electron chi connectivity index (χ2n) is 5.04. The predicted molar refractivity (Wildman–Crippen MR) is 80.0 cm³/mol. The average molecular weight is 357 g/mol. The molecule has 0 bridgehead atoms. The lowest BCUT2D eigenvalue weighted by atomic mass is 10.1. The molecule has 0 aromatic carbocycles. The molecule has 1 atom stereocenters. The Bertz CT molecular complexity index is 599. The van der Waals surface area contributed by atoms with Crippen molar-refractivity contribution in [3.8, 4) is 0 Å². The summed E-state index contributed by atoms with van der Waals surface area (Å²) in [6.45, 7) is 2.72. The predicted octanol–water partition coefficient (Wildman–Crippen LogP) is 0.817. The maximum absolute atomic E-state index is 12.4. The Morgan fingerprint density at radius 1 is 1.43 bits per heavy atom. The Morgan fingerprint density at radius 3 is 2.90 bits per heavy atom. The number of Topliss-reactive ketones (excluding diaryl/α,β-unsaturated/α-hetero) is 1. The average Bonchev–Trinajstić information content (AvgIpc) is 2.42. The van der Waals surface area contributed by atoms with Gasteiger partial charge >= 0.3 is 0 Å². The molecule has 0 saturated carbocycles. The normalized spacial score (nSPS) is 18.6. The van der Waals surface area contributed by atoms with Gasteiger partial charge in [-0.05, 0) is 28.9 Å². The molecule has 1 aromatic rings. The second kappa shape index (κ2) is 7.00. The summed E-state index contributed by atoms with van der Waals surface area (Å²) in [4.78, 5) is 37.1. The van der Waals surface area contributed by atoms with E-state index < -0.39 is 0 Å². The highest BCUT2D eigenvalue weighted by Gasteiger charge is 2.28. The van der Waals surface area contributed by atoms with Gasteiger partial charge in [0.1, 0.15) is 12.3 Å². The highest BCUT2D eigenvalue weighted by molar-refractivity contribution is 9.10. The number of aromatic nitrogens is 1. The number of ketones is 1. The molecule has 1 aromatic heterocycles. The maximum Gasteiger partial charge on any atom is 0.251 e. The van der Waals surface area contributed by atoms with Crippen molar-refractivity contribution in [2.45, 2.75) is 25.9 Å². The van der Waals surface area contributed by atoms with Crippen LogP contribution in [0.3, 0.4) is 0 Å². The lowest BCUT2D eigenvalue weighted by Gasteiger charge is -2.35. The van der Waals surface area contributed by atoms with Crippen molar-refractivity contribution in [2.24, 2.45) is 0 Å². The smallest absolute Gasteiger partial charge is 0.251 e. The number of nitrogens with zero attached hydrogens (tertiary/aromatic N) is 2. The third kappa shape index (κ3) is 4.25. The zero-order valence-corrected chi connectivity index (χ0v) is 13.3. The molecule has 7 heteroatoms. The van der Waals surface area contributed by atoms with E-state index in [4.69, 9.17) is 4.74 Å². The summed E-state index contributed by atoms with van der Waals surface area (Å²) in [6, 6.07) is 2.80. The molecule has 2 heterocycles. The van der Waals surface area contributed by atoms with Crippen LogP contribution >= 0.6 is 15.9 Å².